The molecule has 0 aromatic heterocycles. The number of anilines is 1. The normalized spacial score (nSPS) is 14.7. The Bertz CT molecular complexity index is 1420. The van der Waals surface area contributed by atoms with Crippen LogP contribution in [0.1, 0.15) is 56.6 Å². The first kappa shape index (κ1) is 30.8. The van der Waals surface area contributed by atoms with Crippen LogP contribution < -0.4 is 9.62 Å². The number of amides is 2. The average molecular weight is 641 g/mol. The van der Waals surface area contributed by atoms with Gasteiger partial charge in [0.1, 0.15) is 12.6 Å². The molecule has 0 bridgehead atoms. The average Bonchev–Trinajstić information content (AvgIpc) is 2.97. The number of nitrogens with zero attached hydrogens (tertiary/aromatic N) is 2. The van der Waals surface area contributed by atoms with Crippen molar-refractivity contribution in [1.82, 2.24) is 10.2 Å². The van der Waals surface area contributed by atoms with Gasteiger partial charge >= 0.3 is 0 Å². The zero-order valence-corrected chi connectivity index (χ0v) is 26.0. The van der Waals surface area contributed by atoms with Crippen LogP contribution in [0.25, 0.3) is 0 Å². The van der Waals surface area contributed by atoms with E-state index in [1.54, 1.807) is 42.5 Å². The van der Waals surface area contributed by atoms with Crippen molar-refractivity contribution in [3.05, 3.63) is 94.5 Å². The second-order valence-corrected chi connectivity index (χ2v) is 13.4. The lowest BCUT2D eigenvalue weighted by molar-refractivity contribution is -0.140. The predicted octanol–water partition coefficient (Wildman–Crippen LogP) is 6.21. The van der Waals surface area contributed by atoms with Gasteiger partial charge in [0.05, 0.1) is 10.6 Å². The van der Waals surface area contributed by atoms with E-state index in [4.69, 9.17) is 0 Å². The van der Waals surface area contributed by atoms with Gasteiger partial charge in [-0.1, -0.05) is 96.2 Å². The van der Waals surface area contributed by atoms with Crippen molar-refractivity contribution in [2.45, 2.75) is 75.9 Å². The molecule has 1 fully saturated rings. The zero-order valence-electron chi connectivity index (χ0n) is 23.6. The van der Waals surface area contributed by atoms with Crippen molar-refractivity contribution in [3.63, 3.8) is 0 Å². The van der Waals surface area contributed by atoms with Crippen LogP contribution in [-0.4, -0.2) is 43.8 Å². The van der Waals surface area contributed by atoms with Gasteiger partial charge in [-0.3, -0.25) is 13.9 Å². The van der Waals surface area contributed by atoms with Crippen molar-refractivity contribution in [2.24, 2.45) is 0 Å². The first-order valence-corrected chi connectivity index (χ1v) is 16.4. The Balaban J connectivity index is 1.69. The third-order valence-corrected chi connectivity index (χ3v) is 9.80. The van der Waals surface area contributed by atoms with Gasteiger partial charge < -0.3 is 10.2 Å². The number of halogens is 1. The first-order chi connectivity index (χ1) is 19.7. The summed E-state index contributed by atoms with van der Waals surface area (Å²) < 4.78 is 29.6. The molecule has 1 aliphatic carbocycles. The first-order valence-electron chi connectivity index (χ1n) is 14.2. The summed E-state index contributed by atoms with van der Waals surface area (Å²) >= 11 is 3.43. The van der Waals surface area contributed by atoms with Crippen LogP contribution in [0, 0.1) is 6.92 Å². The van der Waals surface area contributed by atoms with Crippen LogP contribution in [0.5, 0.6) is 0 Å². The molecule has 1 aliphatic rings. The van der Waals surface area contributed by atoms with Crippen molar-refractivity contribution in [3.8, 4) is 0 Å². The predicted molar refractivity (Wildman–Crippen MR) is 166 cm³/mol. The maximum absolute atomic E-state index is 14.2. The molecular formula is C32H38BrN3O4S. The highest BCUT2D eigenvalue weighted by Gasteiger charge is 2.34. The molecule has 3 aromatic rings. The molecule has 0 heterocycles. The van der Waals surface area contributed by atoms with Gasteiger partial charge in [0.2, 0.25) is 11.8 Å². The molecule has 3 aromatic carbocycles. The van der Waals surface area contributed by atoms with Gasteiger partial charge in [0.25, 0.3) is 10.0 Å². The minimum atomic E-state index is -4.09. The van der Waals surface area contributed by atoms with Crippen LogP contribution in [0.3, 0.4) is 0 Å². The summed E-state index contributed by atoms with van der Waals surface area (Å²) in [5.74, 6) is -0.643. The van der Waals surface area contributed by atoms with Crippen molar-refractivity contribution < 1.29 is 18.0 Å². The Morgan fingerprint density at radius 1 is 0.951 bits per heavy atom. The second kappa shape index (κ2) is 14.1. The fourth-order valence-corrected chi connectivity index (χ4v) is 7.05. The van der Waals surface area contributed by atoms with E-state index in [0.717, 1.165) is 41.1 Å². The van der Waals surface area contributed by atoms with E-state index in [1.165, 1.54) is 23.5 Å². The number of hydrogen-bond acceptors (Lipinski definition) is 4. The number of carbonyl (C=O) groups excluding carboxylic acids is 2. The van der Waals surface area contributed by atoms with Gasteiger partial charge in [0.15, 0.2) is 0 Å². The molecule has 2 amide bonds. The fraction of sp³-hybridized carbons (Fsp3) is 0.375. The molecule has 7 nitrogen and oxygen atoms in total. The number of benzene rings is 3. The van der Waals surface area contributed by atoms with Crippen molar-refractivity contribution in [2.75, 3.05) is 10.8 Å². The SMILES string of the molecule is CCC(C(=O)NC1CCCCC1)N(Cc1ccc(C)cc1)C(=O)CN(c1cccc(Br)c1)S(=O)(=O)c1ccccc1. The molecule has 1 atom stereocenters. The van der Waals surface area contributed by atoms with E-state index in [-0.39, 0.29) is 23.4 Å². The summed E-state index contributed by atoms with van der Waals surface area (Å²) in [7, 11) is -4.09. The largest absolute Gasteiger partial charge is 0.352 e. The molecular weight excluding hydrogens is 602 g/mol. The van der Waals surface area contributed by atoms with Crippen LogP contribution in [0.4, 0.5) is 5.69 Å². The Morgan fingerprint density at radius 3 is 2.27 bits per heavy atom. The molecule has 0 saturated heterocycles. The maximum atomic E-state index is 14.2. The van der Waals surface area contributed by atoms with Crippen LogP contribution in [-0.2, 0) is 26.2 Å². The lowest BCUT2D eigenvalue weighted by atomic mass is 9.95. The Labute approximate surface area is 252 Å². The summed E-state index contributed by atoms with van der Waals surface area (Å²) in [4.78, 5) is 29.4. The molecule has 0 aliphatic heterocycles. The van der Waals surface area contributed by atoms with E-state index >= 15 is 0 Å². The maximum Gasteiger partial charge on any atom is 0.264 e. The summed E-state index contributed by atoms with van der Waals surface area (Å²) in [6.07, 6.45) is 5.58. The Hall–Kier alpha value is -3.17. The number of nitrogens with one attached hydrogen (secondary N) is 1. The molecule has 4 rings (SSSR count). The van der Waals surface area contributed by atoms with Crippen LogP contribution in [0.2, 0.25) is 0 Å². The quantitative estimate of drug-likeness (QED) is 0.270. The smallest absolute Gasteiger partial charge is 0.264 e. The molecule has 0 spiro atoms. The third-order valence-electron chi connectivity index (χ3n) is 7.52. The molecule has 9 heteroatoms. The lowest BCUT2D eigenvalue weighted by Crippen LogP contribution is -2.54. The van der Waals surface area contributed by atoms with Gasteiger partial charge in [-0.25, -0.2) is 8.42 Å². The van der Waals surface area contributed by atoms with Crippen LogP contribution >= 0.6 is 15.9 Å². The molecule has 41 heavy (non-hydrogen) atoms. The summed E-state index contributed by atoms with van der Waals surface area (Å²) in [6.45, 7) is 3.61. The number of aryl methyl sites for hydroxylation is 1. The van der Waals surface area contributed by atoms with E-state index in [2.05, 4.69) is 21.2 Å². The highest BCUT2D eigenvalue weighted by Crippen LogP contribution is 2.27. The van der Waals surface area contributed by atoms with Gasteiger partial charge in [0, 0.05) is 17.1 Å². The minimum Gasteiger partial charge on any atom is -0.352 e. The van der Waals surface area contributed by atoms with Crippen molar-refractivity contribution >= 4 is 43.5 Å². The van der Waals surface area contributed by atoms with Crippen molar-refractivity contribution in [1.29, 1.82) is 0 Å². The Kier molecular flexibility index (Phi) is 10.6. The van der Waals surface area contributed by atoms with Gasteiger partial charge in [-0.05, 0) is 62.1 Å². The summed E-state index contributed by atoms with van der Waals surface area (Å²) in [5.41, 5.74) is 2.31. The number of sulfonamides is 1. The standard InChI is InChI=1S/C32H38BrN3O4S/c1-3-30(32(38)34-27-12-6-4-7-13-27)35(22-25-19-17-24(2)18-20-25)31(37)23-36(28-14-10-11-26(33)21-28)41(39,40)29-15-8-5-9-16-29/h5,8-11,14-21,27,30H,3-4,6-7,12-13,22-23H2,1-2H3,(H,34,38). The fourth-order valence-electron chi connectivity index (χ4n) is 5.23. The number of hydrogen-bond donors (Lipinski definition) is 1. The summed E-state index contributed by atoms with van der Waals surface area (Å²) in [5, 5.41) is 3.18. The number of carbonyl (C=O) groups is 2. The summed E-state index contributed by atoms with van der Waals surface area (Å²) in [6, 6.07) is 22.1. The van der Waals surface area contributed by atoms with E-state index in [9.17, 15) is 18.0 Å². The third kappa shape index (κ3) is 7.98. The zero-order chi connectivity index (χ0) is 29.4. The van der Waals surface area contributed by atoms with E-state index in [0.29, 0.717) is 16.6 Å². The molecule has 1 unspecified atom stereocenters. The van der Waals surface area contributed by atoms with E-state index < -0.39 is 28.5 Å². The van der Waals surface area contributed by atoms with Gasteiger partial charge in [-0.15, -0.1) is 0 Å². The highest BCUT2D eigenvalue weighted by molar-refractivity contribution is 9.10. The molecule has 1 saturated carbocycles. The lowest BCUT2D eigenvalue weighted by Gasteiger charge is -2.34. The topological polar surface area (TPSA) is 86.8 Å². The molecule has 1 N–H and O–H groups in total. The van der Waals surface area contributed by atoms with Crippen LogP contribution in [0.15, 0.2) is 88.2 Å². The van der Waals surface area contributed by atoms with E-state index in [1.807, 2.05) is 38.1 Å². The number of rotatable bonds is 11. The van der Waals surface area contributed by atoms with Gasteiger partial charge in [-0.2, -0.15) is 0 Å². The highest BCUT2D eigenvalue weighted by atomic mass is 79.9. The Morgan fingerprint density at radius 2 is 1.63 bits per heavy atom. The molecule has 218 valence electrons. The minimum absolute atomic E-state index is 0.0833. The monoisotopic (exact) mass is 639 g/mol. The molecule has 0 radical (unpaired) electrons. The second-order valence-electron chi connectivity index (χ2n) is 10.6.